The van der Waals surface area contributed by atoms with Gasteiger partial charge in [0.05, 0.1) is 0 Å². The number of nitrogens with two attached hydrogens (primary N) is 3. The quantitative estimate of drug-likeness (QED) is 0.401. The minimum Gasteiger partial charge on any atom is -0.174 e. The maximum atomic E-state index is 5.20. The Kier molecular flexibility index (Phi) is 1.94. The maximum Gasteiger partial charge on any atom is 0.211 e. The predicted molar refractivity (Wildman–Crippen MR) is 30.0 cm³/mol. The third-order valence-electron chi connectivity index (χ3n) is 0.548. The van der Waals surface area contributed by atoms with Crippen LogP contribution in [0.2, 0.25) is 0 Å². The Hall–Kier alpha value is 0.310. The van der Waals surface area contributed by atoms with Gasteiger partial charge in [0, 0.05) is 0 Å². The smallest absolute Gasteiger partial charge is 0.174 e. The summed E-state index contributed by atoms with van der Waals surface area (Å²) in [5.41, 5.74) is 15.6. The highest BCUT2D eigenvalue weighted by molar-refractivity contribution is 7.68. The van der Waals surface area contributed by atoms with Crippen LogP contribution in [0.4, 0.5) is 0 Å². The largest absolute Gasteiger partial charge is 0.211 e. The van der Waals surface area contributed by atoms with Gasteiger partial charge in [-0.15, -0.1) is 0 Å². The van der Waals surface area contributed by atoms with Crippen molar-refractivity contribution in [1.82, 2.24) is 0 Å². The molecule has 6 heavy (non-hydrogen) atoms. The fraction of sp³-hybridized carbons (Fsp3) is 1.00. The van der Waals surface area contributed by atoms with E-state index in [9.17, 15) is 0 Å². The van der Waals surface area contributed by atoms with E-state index >= 15 is 0 Å². The van der Waals surface area contributed by atoms with Crippen molar-refractivity contribution in [2.45, 2.75) is 6.92 Å². The van der Waals surface area contributed by atoms with Crippen LogP contribution in [0.3, 0.4) is 0 Å². The SMILES string of the molecule is CC[P+](N)(N)N. The Labute approximate surface area is 38.4 Å². The van der Waals surface area contributed by atoms with Crippen LogP contribution in [0.25, 0.3) is 0 Å². The molecule has 0 heterocycles. The van der Waals surface area contributed by atoms with Gasteiger partial charge in [0.25, 0.3) is 0 Å². The second-order valence-corrected chi connectivity index (χ2v) is 3.93. The molecule has 0 bridgehead atoms. The first-order chi connectivity index (χ1) is 2.56. The fourth-order valence-electron chi connectivity index (χ4n) is 0. The molecule has 0 spiro atoms. The van der Waals surface area contributed by atoms with Crippen LogP contribution in [0.5, 0.6) is 0 Å². The van der Waals surface area contributed by atoms with Crippen molar-refractivity contribution in [2.75, 3.05) is 6.16 Å². The molecule has 3 nitrogen and oxygen atoms in total. The second-order valence-electron chi connectivity index (χ2n) is 1.31. The number of hydrogen-bond donors (Lipinski definition) is 3. The minimum absolute atomic E-state index is 0.715. The first kappa shape index (κ1) is 6.31. The van der Waals surface area contributed by atoms with Crippen LogP contribution in [0.1, 0.15) is 6.92 Å². The zero-order chi connectivity index (χ0) is 5.21. The van der Waals surface area contributed by atoms with E-state index in [0.29, 0.717) is 6.16 Å². The number of hydrogen-bond acceptors (Lipinski definition) is 3. The van der Waals surface area contributed by atoms with Crippen molar-refractivity contribution in [2.24, 2.45) is 16.5 Å². The highest BCUT2D eigenvalue weighted by Crippen LogP contribution is 2.27. The minimum atomic E-state index is -1.90. The van der Waals surface area contributed by atoms with Gasteiger partial charge in [0.2, 0.25) is 7.71 Å². The monoisotopic (exact) mass is 108 g/mol. The standard InChI is InChI=1S/C2H11N3P/c1-2-6(3,4)5/h2-5H2,1H3/q+1. The summed E-state index contributed by atoms with van der Waals surface area (Å²) in [6, 6.07) is 0. The zero-order valence-electron chi connectivity index (χ0n) is 3.89. The molecule has 38 valence electrons. The van der Waals surface area contributed by atoms with Crippen molar-refractivity contribution in [3.05, 3.63) is 0 Å². The Morgan fingerprint density at radius 1 is 1.33 bits per heavy atom. The molecular weight excluding hydrogens is 97.0 g/mol. The van der Waals surface area contributed by atoms with Gasteiger partial charge in [-0.3, -0.25) is 0 Å². The lowest BCUT2D eigenvalue weighted by atomic mass is 11.0. The van der Waals surface area contributed by atoms with E-state index in [1.165, 1.54) is 0 Å². The van der Waals surface area contributed by atoms with Crippen LogP contribution in [0, 0.1) is 0 Å². The van der Waals surface area contributed by atoms with Gasteiger partial charge < -0.3 is 0 Å². The molecule has 0 saturated carbocycles. The Balaban J connectivity index is 3.17. The Morgan fingerprint density at radius 2 is 1.50 bits per heavy atom. The third-order valence-corrected chi connectivity index (χ3v) is 1.64. The second kappa shape index (κ2) is 1.85. The lowest BCUT2D eigenvalue weighted by Gasteiger charge is -2.02. The average Bonchev–Trinajstić information content (AvgIpc) is 1.35. The molecular formula is C2H11N3P+. The summed E-state index contributed by atoms with van der Waals surface area (Å²) in [6.45, 7) is 1.88. The van der Waals surface area contributed by atoms with Crippen LogP contribution >= 0.6 is 7.71 Å². The van der Waals surface area contributed by atoms with E-state index in [1.807, 2.05) is 6.92 Å². The number of rotatable bonds is 1. The van der Waals surface area contributed by atoms with Crippen LogP contribution in [-0.2, 0) is 0 Å². The Bertz CT molecular complexity index is 38.5. The van der Waals surface area contributed by atoms with E-state index in [2.05, 4.69) is 0 Å². The summed E-state index contributed by atoms with van der Waals surface area (Å²) in [6.07, 6.45) is 0.715. The molecule has 0 aliphatic heterocycles. The average molecular weight is 108 g/mol. The van der Waals surface area contributed by atoms with Gasteiger partial charge in [0.15, 0.2) is 0 Å². The molecule has 0 aromatic carbocycles. The summed E-state index contributed by atoms with van der Waals surface area (Å²) in [5, 5.41) is 0. The van der Waals surface area contributed by atoms with E-state index in [-0.39, 0.29) is 0 Å². The molecule has 0 aromatic heterocycles. The van der Waals surface area contributed by atoms with Gasteiger partial charge >= 0.3 is 0 Å². The normalized spacial score (nSPS) is 12.0. The van der Waals surface area contributed by atoms with Crippen LogP contribution in [-0.4, -0.2) is 6.16 Å². The Morgan fingerprint density at radius 3 is 1.50 bits per heavy atom. The van der Waals surface area contributed by atoms with Gasteiger partial charge in [-0.1, -0.05) is 0 Å². The third kappa shape index (κ3) is 4.31. The molecule has 0 atom stereocenters. The van der Waals surface area contributed by atoms with Crippen molar-refractivity contribution in [3.8, 4) is 0 Å². The highest BCUT2D eigenvalue weighted by Gasteiger charge is 2.14. The molecule has 0 radical (unpaired) electrons. The summed E-state index contributed by atoms with van der Waals surface area (Å²) in [4.78, 5) is 0. The molecule has 0 unspecified atom stereocenters. The molecule has 0 saturated heterocycles. The van der Waals surface area contributed by atoms with Crippen molar-refractivity contribution in [1.29, 1.82) is 0 Å². The molecule has 4 heteroatoms. The lowest BCUT2D eigenvalue weighted by molar-refractivity contribution is 1.39. The highest BCUT2D eigenvalue weighted by atomic mass is 31.2. The van der Waals surface area contributed by atoms with E-state index in [4.69, 9.17) is 16.5 Å². The summed E-state index contributed by atoms with van der Waals surface area (Å²) in [5.74, 6) is 0. The molecule has 6 N–H and O–H groups in total. The zero-order valence-corrected chi connectivity index (χ0v) is 4.78. The van der Waals surface area contributed by atoms with Crippen molar-refractivity contribution in [3.63, 3.8) is 0 Å². The molecule has 0 rings (SSSR count). The molecule has 0 fully saturated rings. The predicted octanol–water partition coefficient (Wildman–Crippen LogP) is -0.355. The van der Waals surface area contributed by atoms with Crippen LogP contribution < -0.4 is 16.5 Å². The summed E-state index contributed by atoms with van der Waals surface area (Å²) >= 11 is 0. The van der Waals surface area contributed by atoms with Gasteiger partial charge in [0.1, 0.15) is 6.16 Å². The molecule has 0 amide bonds. The first-order valence-corrected chi connectivity index (χ1v) is 3.98. The lowest BCUT2D eigenvalue weighted by Crippen LogP contribution is -2.23. The molecule has 0 aliphatic rings. The molecule has 0 aliphatic carbocycles. The van der Waals surface area contributed by atoms with Crippen molar-refractivity contribution >= 4 is 7.71 Å². The van der Waals surface area contributed by atoms with Gasteiger partial charge in [-0.2, -0.15) is 16.5 Å². The van der Waals surface area contributed by atoms with E-state index in [1.54, 1.807) is 0 Å². The van der Waals surface area contributed by atoms with E-state index in [0.717, 1.165) is 0 Å². The van der Waals surface area contributed by atoms with Gasteiger partial charge in [-0.25, -0.2) is 0 Å². The first-order valence-electron chi connectivity index (χ1n) is 1.80. The van der Waals surface area contributed by atoms with E-state index < -0.39 is 7.71 Å². The summed E-state index contributed by atoms with van der Waals surface area (Å²) < 4.78 is 0. The maximum absolute atomic E-state index is 5.20. The van der Waals surface area contributed by atoms with Gasteiger partial charge in [-0.05, 0) is 6.92 Å². The molecule has 0 aromatic rings. The summed E-state index contributed by atoms with van der Waals surface area (Å²) in [7, 11) is -1.90. The fourth-order valence-corrected chi connectivity index (χ4v) is 0. The van der Waals surface area contributed by atoms with Crippen molar-refractivity contribution < 1.29 is 0 Å². The van der Waals surface area contributed by atoms with Crippen LogP contribution in [0.15, 0.2) is 0 Å². The topological polar surface area (TPSA) is 78.1 Å².